The first-order valence-electron chi connectivity index (χ1n) is 5.97. The Bertz CT molecular complexity index is 755. The Morgan fingerprint density at radius 2 is 1.53 bits per heavy atom. The number of hydrogen-bond donors (Lipinski definition) is 1. The van der Waals surface area contributed by atoms with Crippen molar-refractivity contribution >= 4 is 46.3 Å². The lowest BCUT2D eigenvalue weighted by molar-refractivity contribution is 1.33. The fourth-order valence-corrected chi connectivity index (χ4v) is 3.39. The maximum Gasteiger partial charge on any atom is 0.0606 e. The van der Waals surface area contributed by atoms with Gasteiger partial charge in [0.1, 0.15) is 0 Å². The van der Waals surface area contributed by atoms with E-state index >= 15 is 0 Å². The predicted octanol–water partition coefficient (Wildman–Crippen LogP) is 5.47. The Hall–Kier alpha value is -1.64. The van der Waals surface area contributed by atoms with Gasteiger partial charge < -0.3 is 5.32 Å². The predicted molar refractivity (Wildman–Crippen MR) is 85.0 cm³/mol. The van der Waals surface area contributed by atoms with Gasteiger partial charge in [-0.3, -0.25) is 0 Å². The van der Waals surface area contributed by atoms with Crippen LogP contribution in [0.1, 0.15) is 0 Å². The Balaban J connectivity index is 0.00000110. The number of fused-ring (bicyclic) bond motifs is 4. The van der Waals surface area contributed by atoms with Crippen molar-refractivity contribution < 1.29 is 0 Å². The third-order valence-electron chi connectivity index (χ3n) is 3.26. The van der Waals surface area contributed by atoms with Crippen LogP contribution in [0.25, 0.3) is 10.8 Å². The minimum Gasteiger partial charge on any atom is -0.353 e. The summed E-state index contributed by atoms with van der Waals surface area (Å²) in [5.74, 6) is 0. The molecule has 3 heteroatoms. The summed E-state index contributed by atoms with van der Waals surface area (Å²) in [6.07, 6.45) is 0. The summed E-state index contributed by atoms with van der Waals surface area (Å²) < 4.78 is 0. The van der Waals surface area contributed by atoms with E-state index in [2.05, 4.69) is 66.0 Å². The van der Waals surface area contributed by atoms with E-state index in [-0.39, 0.29) is 12.4 Å². The number of halogens is 1. The largest absolute Gasteiger partial charge is 0.353 e. The highest BCUT2D eigenvalue weighted by Crippen LogP contribution is 2.46. The molecule has 1 nitrogen and oxygen atoms in total. The molecule has 1 N–H and O–H groups in total. The normalized spacial score (nSPS) is 12.0. The van der Waals surface area contributed by atoms with Crippen LogP contribution in [0.4, 0.5) is 11.4 Å². The van der Waals surface area contributed by atoms with Crippen LogP contribution in [-0.2, 0) is 0 Å². The van der Waals surface area contributed by atoms with Crippen molar-refractivity contribution in [1.29, 1.82) is 0 Å². The van der Waals surface area contributed by atoms with Crippen LogP contribution in [0.15, 0.2) is 70.5 Å². The second-order valence-electron chi connectivity index (χ2n) is 4.38. The zero-order chi connectivity index (χ0) is 11.9. The van der Waals surface area contributed by atoms with Crippen molar-refractivity contribution in [2.45, 2.75) is 9.79 Å². The monoisotopic (exact) mass is 285 g/mol. The summed E-state index contributed by atoms with van der Waals surface area (Å²) in [6.45, 7) is 0. The molecule has 1 aliphatic heterocycles. The summed E-state index contributed by atoms with van der Waals surface area (Å²) in [7, 11) is 0. The molecule has 0 aromatic heterocycles. The molecule has 1 heterocycles. The maximum absolute atomic E-state index is 3.56. The van der Waals surface area contributed by atoms with Crippen molar-refractivity contribution in [2.75, 3.05) is 5.32 Å². The van der Waals surface area contributed by atoms with Crippen molar-refractivity contribution in [3.8, 4) is 0 Å². The van der Waals surface area contributed by atoms with E-state index in [4.69, 9.17) is 0 Å². The fraction of sp³-hybridized carbons (Fsp3) is 0. The molecule has 0 saturated carbocycles. The molecule has 0 spiro atoms. The van der Waals surface area contributed by atoms with E-state index in [1.54, 1.807) is 0 Å². The van der Waals surface area contributed by atoms with Crippen LogP contribution in [-0.4, -0.2) is 0 Å². The molecule has 0 fully saturated rings. The van der Waals surface area contributed by atoms with Crippen molar-refractivity contribution in [2.24, 2.45) is 0 Å². The zero-order valence-electron chi connectivity index (χ0n) is 10.1. The van der Waals surface area contributed by atoms with Crippen LogP contribution in [0, 0.1) is 0 Å². The van der Waals surface area contributed by atoms with Gasteiger partial charge in [0.2, 0.25) is 0 Å². The molecule has 19 heavy (non-hydrogen) atoms. The van der Waals surface area contributed by atoms with Gasteiger partial charge in [-0.25, -0.2) is 0 Å². The smallest absolute Gasteiger partial charge is 0.0606 e. The summed E-state index contributed by atoms with van der Waals surface area (Å²) in [5, 5.41) is 6.13. The number of anilines is 2. The van der Waals surface area contributed by atoms with Gasteiger partial charge >= 0.3 is 0 Å². The molecule has 0 aliphatic carbocycles. The van der Waals surface area contributed by atoms with E-state index in [9.17, 15) is 0 Å². The molecule has 0 saturated heterocycles. The van der Waals surface area contributed by atoms with E-state index in [1.807, 2.05) is 11.8 Å². The van der Waals surface area contributed by atoms with Gasteiger partial charge in [-0.2, -0.15) is 0 Å². The Morgan fingerprint density at radius 3 is 2.47 bits per heavy atom. The van der Waals surface area contributed by atoms with Crippen LogP contribution in [0.5, 0.6) is 0 Å². The molecule has 3 aromatic rings. The second-order valence-corrected chi connectivity index (χ2v) is 5.47. The second kappa shape index (κ2) is 4.80. The van der Waals surface area contributed by atoms with Crippen molar-refractivity contribution in [1.82, 2.24) is 0 Å². The Morgan fingerprint density at radius 1 is 0.737 bits per heavy atom. The lowest BCUT2D eigenvalue weighted by Crippen LogP contribution is -2.00. The minimum absolute atomic E-state index is 0. The molecule has 0 atom stereocenters. The first-order chi connectivity index (χ1) is 8.92. The quantitative estimate of drug-likeness (QED) is 0.460. The highest BCUT2D eigenvalue weighted by Gasteiger charge is 2.16. The lowest BCUT2D eigenvalue weighted by Gasteiger charge is -2.22. The fourth-order valence-electron chi connectivity index (χ4n) is 2.38. The molecule has 94 valence electrons. The van der Waals surface area contributed by atoms with Crippen molar-refractivity contribution in [3.63, 3.8) is 0 Å². The third kappa shape index (κ3) is 1.97. The molecule has 0 radical (unpaired) electrons. The first-order valence-corrected chi connectivity index (χ1v) is 6.79. The molecule has 0 unspecified atom stereocenters. The topological polar surface area (TPSA) is 12.0 Å². The summed E-state index contributed by atoms with van der Waals surface area (Å²) in [4.78, 5) is 2.59. The van der Waals surface area contributed by atoms with Gasteiger partial charge in [0.05, 0.1) is 11.4 Å². The van der Waals surface area contributed by atoms with Crippen LogP contribution in [0.2, 0.25) is 0 Å². The number of nitrogens with one attached hydrogen (secondary N) is 1. The molecule has 3 aromatic carbocycles. The Labute approximate surface area is 122 Å². The zero-order valence-corrected chi connectivity index (χ0v) is 11.7. The van der Waals surface area contributed by atoms with Crippen LogP contribution >= 0.6 is 24.2 Å². The van der Waals surface area contributed by atoms with E-state index < -0.39 is 0 Å². The summed E-state index contributed by atoms with van der Waals surface area (Å²) >= 11 is 1.83. The standard InChI is InChI=1S/C16H11NS.ClH/c1-2-6-12-11(5-1)9-10-15-16(12)17-13-7-3-4-8-14(13)18-15;/h1-10,17H;1H. The molecular formula is C16H12ClNS. The summed E-state index contributed by atoms with van der Waals surface area (Å²) in [5.41, 5.74) is 2.43. The van der Waals surface area contributed by atoms with Gasteiger partial charge in [0.25, 0.3) is 0 Å². The molecule has 0 amide bonds. The van der Waals surface area contributed by atoms with Crippen molar-refractivity contribution in [3.05, 3.63) is 60.7 Å². The first kappa shape index (κ1) is 12.4. The molecule has 4 rings (SSSR count). The van der Waals surface area contributed by atoms with E-state index in [0.29, 0.717) is 0 Å². The SMILES string of the molecule is Cl.c1ccc2c(c1)Nc1c(ccc3ccccc13)S2. The average molecular weight is 286 g/mol. The van der Waals surface area contributed by atoms with E-state index in [0.717, 1.165) is 0 Å². The molecule has 1 aliphatic rings. The highest BCUT2D eigenvalue weighted by atomic mass is 35.5. The molecule has 0 bridgehead atoms. The van der Waals surface area contributed by atoms with Gasteiger partial charge in [-0.05, 0) is 23.6 Å². The van der Waals surface area contributed by atoms with Gasteiger partial charge in [-0.15, -0.1) is 12.4 Å². The Kier molecular flexibility index (Phi) is 3.13. The van der Waals surface area contributed by atoms with Crippen LogP contribution in [0.3, 0.4) is 0 Å². The average Bonchev–Trinajstić information content (AvgIpc) is 2.45. The number of para-hydroxylation sites is 1. The minimum atomic E-state index is 0. The van der Waals surface area contributed by atoms with Crippen LogP contribution < -0.4 is 5.32 Å². The summed E-state index contributed by atoms with van der Waals surface area (Å²) in [6, 6.07) is 21.3. The number of hydrogen-bond acceptors (Lipinski definition) is 2. The lowest BCUT2D eigenvalue weighted by atomic mass is 10.1. The van der Waals surface area contributed by atoms with Gasteiger partial charge in [0, 0.05) is 15.2 Å². The van der Waals surface area contributed by atoms with Gasteiger partial charge in [-0.1, -0.05) is 54.2 Å². The number of rotatable bonds is 0. The molecular weight excluding hydrogens is 274 g/mol. The van der Waals surface area contributed by atoms with Gasteiger partial charge in [0.15, 0.2) is 0 Å². The van der Waals surface area contributed by atoms with E-state index in [1.165, 1.54) is 31.9 Å². The number of benzene rings is 3. The highest BCUT2D eigenvalue weighted by molar-refractivity contribution is 7.99. The maximum atomic E-state index is 3.56. The third-order valence-corrected chi connectivity index (χ3v) is 4.39.